The average Bonchev–Trinajstić information content (AvgIpc) is 2.60. The van der Waals surface area contributed by atoms with E-state index in [0.29, 0.717) is 18.6 Å². The number of hydrogen-bond donors (Lipinski definition) is 1. The van der Waals surface area contributed by atoms with Crippen LogP contribution in [0, 0.1) is 0 Å². The minimum Gasteiger partial charge on any atom is -0.383 e. The number of ether oxygens (including phenoxy) is 1. The van der Waals surface area contributed by atoms with E-state index in [4.69, 9.17) is 10.5 Å². The fraction of sp³-hybridized carbons (Fsp3) is 0.917. The average molecular weight is 240 g/mol. The molecule has 0 aromatic heterocycles. The topological polar surface area (TPSA) is 54.1 Å². The Morgan fingerprint density at radius 1 is 1.59 bits per heavy atom. The van der Waals surface area contributed by atoms with Gasteiger partial charge in [-0.3, -0.25) is 4.99 Å². The largest absolute Gasteiger partial charge is 0.383 e. The maximum Gasteiger partial charge on any atom is 0.191 e. The van der Waals surface area contributed by atoms with Crippen molar-refractivity contribution in [1.29, 1.82) is 0 Å². The molecule has 2 aliphatic rings. The number of nitrogens with zero attached hydrogens (tertiary/aromatic N) is 3. The monoisotopic (exact) mass is 240 g/mol. The second kappa shape index (κ2) is 4.82. The lowest BCUT2D eigenvalue weighted by Gasteiger charge is -2.47. The lowest BCUT2D eigenvalue weighted by Crippen LogP contribution is -2.59. The van der Waals surface area contributed by atoms with Gasteiger partial charge in [0.25, 0.3) is 0 Å². The van der Waals surface area contributed by atoms with Crippen molar-refractivity contribution in [2.24, 2.45) is 10.7 Å². The van der Waals surface area contributed by atoms with Crippen LogP contribution in [0.2, 0.25) is 0 Å². The van der Waals surface area contributed by atoms with Crippen LogP contribution in [-0.4, -0.2) is 67.7 Å². The summed E-state index contributed by atoms with van der Waals surface area (Å²) in [5.74, 6) is 0.693. The third-order valence-electron chi connectivity index (χ3n) is 4.26. The second-order valence-electron chi connectivity index (χ2n) is 5.33. The Morgan fingerprint density at radius 3 is 3.00 bits per heavy atom. The number of aliphatic imine (C=N–C) groups is 1. The van der Waals surface area contributed by atoms with Crippen molar-refractivity contribution in [3.05, 3.63) is 0 Å². The molecule has 2 heterocycles. The highest BCUT2D eigenvalue weighted by Gasteiger charge is 2.45. The highest BCUT2D eigenvalue weighted by molar-refractivity contribution is 5.81. The summed E-state index contributed by atoms with van der Waals surface area (Å²) < 4.78 is 5.17. The molecule has 0 saturated carbocycles. The van der Waals surface area contributed by atoms with Gasteiger partial charge >= 0.3 is 0 Å². The molecule has 2 unspecified atom stereocenters. The number of rotatable bonds is 3. The van der Waals surface area contributed by atoms with Gasteiger partial charge in [-0.05, 0) is 26.8 Å². The van der Waals surface area contributed by atoms with Crippen LogP contribution >= 0.6 is 0 Å². The molecule has 2 rings (SSSR count). The normalized spacial score (nSPS) is 34.4. The Morgan fingerprint density at radius 2 is 2.35 bits per heavy atom. The van der Waals surface area contributed by atoms with Crippen LogP contribution < -0.4 is 5.73 Å². The molecule has 1 fully saturated rings. The molecule has 98 valence electrons. The van der Waals surface area contributed by atoms with Crippen molar-refractivity contribution in [2.45, 2.75) is 31.3 Å². The Balaban J connectivity index is 2.08. The first-order chi connectivity index (χ1) is 8.09. The number of guanidine groups is 1. The molecular formula is C12H24N4O. The molecule has 0 aliphatic carbocycles. The van der Waals surface area contributed by atoms with Gasteiger partial charge in [0.1, 0.15) is 0 Å². The van der Waals surface area contributed by atoms with Crippen LogP contribution in [-0.2, 0) is 4.74 Å². The van der Waals surface area contributed by atoms with Crippen LogP contribution in [0.1, 0.15) is 19.8 Å². The zero-order chi connectivity index (χ0) is 12.5. The molecule has 1 saturated heterocycles. The van der Waals surface area contributed by atoms with Crippen molar-refractivity contribution >= 4 is 5.96 Å². The molecule has 0 radical (unpaired) electrons. The fourth-order valence-corrected chi connectivity index (χ4v) is 2.98. The predicted octanol–water partition coefficient (Wildman–Crippen LogP) is 0.116. The van der Waals surface area contributed by atoms with Crippen LogP contribution in [0.25, 0.3) is 0 Å². The first-order valence-corrected chi connectivity index (χ1v) is 6.36. The molecule has 1 spiro atoms. The van der Waals surface area contributed by atoms with Crippen molar-refractivity contribution < 1.29 is 4.74 Å². The van der Waals surface area contributed by atoms with Crippen LogP contribution in [0.5, 0.6) is 0 Å². The molecule has 5 heteroatoms. The number of hydrogen-bond acceptors (Lipinski definition) is 5. The maximum atomic E-state index is 6.01. The molecule has 0 bridgehead atoms. The van der Waals surface area contributed by atoms with E-state index < -0.39 is 0 Å². The number of likely N-dealkylation sites (tertiary alicyclic amines) is 1. The van der Waals surface area contributed by atoms with E-state index in [-0.39, 0.29) is 5.54 Å². The quantitative estimate of drug-likeness (QED) is 0.761. The summed E-state index contributed by atoms with van der Waals surface area (Å²) in [4.78, 5) is 9.13. The zero-order valence-electron chi connectivity index (χ0n) is 11.1. The van der Waals surface area contributed by atoms with Crippen LogP contribution in [0.4, 0.5) is 0 Å². The standard InChI is InChI=1S/C12H24N4O/c1-10-8-12(4-5-15(10)2)9-14-11(13)16(12)6-7-17-3/h10H,4-9H2,1-3H3,(H2,13,14). The molecule has 2 N–H and O–H groups in total. The summed E-state index contributed by atoms with van der Waals surface area (Å²) in [5, 5.41) is 0. The lowest BCUT2D eigenvalue weighted by atomic mass is 9.83. The SMILES string of the molecule is COCCN1C(N)=NCC12CCN(C)C(C)C2. The van der Waals surface area contributed by atoms with E-state index in [0.717, 1.165) is 32.5 Å². The minimum atomic E-state index is 0.147. The molecule has 0 aromatic rings. The van der Waals surface area contributed by atoms with Gasteiger partial charge in [0.15, 0.2) is 5.96 Å². The molecule has 2 atom stereocenters. The summed E-state index contributed by atoms with van der Waals surface area (Å²) in [6.07, 6.45) is 2.28. The van der Waals surface area contributed by atoms with Gasteiger partial charge in [0.05, 0.1) is 18.7 Å². The van der Waals surface area contributed by atoms with Gasteiger partial charge in [-0.2, -0.15) is 0 Å². The summed E-state index contributed by atoms with van der Waals surface area (Å²) in [6, 6.07) is 0.592. The van der Waals surface area contributed by atoms with E-state index >= 15 is 0 Å². The fourth-order valence-electron chi connectivity index (χ4n) is 2.98. The van der Waals surface area contributed by atoms with E-state index in [1.54, 1.807) is 7.11 Å². The minimum absolute atomic E-state index is 0.147. The van der Waals surface area contributed by atoms with Gasteiger partial charge < -0.3 is 20.3 Å². The first-order valence-electron chi connectivity index (χ1n) is 6.36. The first kappa shape index (κ1) is 12.6. The number of piperidine rings is 1. The highest BCUT2D eigenvalue weighted by atomic mass is 16.5. The van der Waals surface area contributed by atoms with E-state index in [9.17, 15) is 0 Å². The molecular weight excluding hydrogens is 216 g/mol. The van der Waals surface area contributed by atoms with E-state index in [1.807, 2.05) is 0 Å². The smallest absolute Gasteiger partial charge is 0.191 e. The summed E-state index contributed by atoms with van der Waals surface area (Å²) >= 11 is 0. The number of nitrogens with two attached hydrogens (primary N) is 1. The maximum absolute atomic E-state index is 6.01. The third-order valence-corrected chi connectivity index (χ3v) is 4.26. The zero-order valence-corrected chi connectivity index (χ0v) is 11.1. The van der Waals surface area contributed by atoms with Gasteiger partial charge in [-0.1, -0.05) is 0 Å². The second-order valence-corrected chi connectivity index (χ2v) is 5.33. The van der Waals surface area contributed by atoms with Gasteiger partial charge in [-0.25, -0.2) is 0 Å². The molecule has 0 amide bonds. The van der Waals surface area contributed by atoms with Gasteiger partial charge in [0.2, 0.25) is 0 Å². The lowest BCUT2D eigenvalue weighted by molar-refractivity contribution is 0.0494. The summed E-state index contributed by atoms with van der Waals surface area (Å²) in [5.41, 5.74) is 6.16. The molecule has 17 heavy (non-hydrogen) atoms. The predicted molar refractivity (Wildman–Crippen MR) is 69.1 cm³/mol. The molecule has 0 aromatic carbocycles. The summed E-state index contributed by atoms with van der Waals surface area (Å²) in [6.45, 7) is 5.81. The van der Waals surface area contributed by atoms with Crippen molar-refractivity contribution in [3.63, 3.8) is 0 Å². The summed E-state index contributed by atoms with van der Waals surface area (Å²) in [7, 11) is 3.92. The van der Waals surface area contributed by atoms with Crippen LogP contribution in [0.15, 0.2) is 4.99 Å². The van der Waals surface area contributed by atoms with E-state index in [1.165, 1.54) is 0 Å². The highest BCUT2D eigenvalue weighted by Crippen LogP contribution is 2.34. The van der Waals surface area contributed by atoms with Crippen molar-refractivity contribution in [2.75, 3.05) is 40.4 Å². The molecule has 5 nitrogen and oxygen atoms in total. The van der Waals surface area contributed by atoms with Gasteiger partial charge in [-0.15, -0.1) is 0 Å². The van der Waals surface area contributed by atoms with Crippen LogP contribution in [0.3, 0.4) is 0 Å². The third kappa shape index (κ3) is 2.26. The Kier molecular flexibility index (Phi) is 3.58. The van der Waals surface area contributed by atoms with Crippen molar-refractivity contribution in [3.8, 4) is 0 Å². The van der Waals surface area contributed by atoms with Crippen molar-refractivity contribution in [1.82, 2.24) is 9.80 Å². The van der Waals surface area contributed by atoms with E-state index in [2.05, 4.69) is 28.8 Å². The molecule has 2 aliphatic heterocycles. The number of methoxy groups -OCH3 is 1. The Labute approximate surface area is 104 Å². The van der Waals surface area contributed by atoms with Gasteiger partial charge in [0, 0.05) is 26.2 Å². The Hall–Kier alpha value is -0.810. The Bertz CT molecular complexity index is 307.